The number of hydrogen-bond donors (Lipinski definition) is 1. The Morgan fingerprint density at radius 2 is 1.88 bits per heavy atom. The summed E-state index contributed by atoms with van der Waals surface area (Å²) in [6, 6.07) is 14.2. The SMILES string of the molecule is CCc1nc2sc(C(c3cccc(Cl)c3)N3CCN(c4ccc(F)cc4)CC3)c(O)n2n1. The van der Waals surface area contributed by atoms with E-state index in [0.29, 0.717) is 22.2 Å². The average molecular weight is 472 g/mol. The fourth-order valence-corrected chi connectivity index (χ4v) is 5.55. The van der Waals surface area contributed by atoms with E-state index in [1.54, 1.807) is 0 Å². The highest BCUT2D eigenvalue weighted by molar-refractivity contribution is 7.17. The summed E-state index contributed by atoms with van der Waals surface area (Å²) in [5, 5.41) is 16.1. The van der Waals surface area contributed by atoms with Gasteiger partial charge in [0.05, 0.1) is 10.9 Å². The number of thiazole rings is 1. The van der Waals surface area contributed by atoms with Crippen molar-refractivity contribution in [2.75, 3.05) is 31.1 Å². The highest BCUT2D eigenvalue weighted by atomic mass is 35.5. The lowest BCUT2D eigenvalue weighted by Crippen LogP contribution is -2.47. The lowest BCUT2D eigenvalue weighted by molar-refractivity contribution is 0.211. The van der Waals surface area contributed by atoms with Gasteiger partial charge in [0.15, 0.2) is 5.82 Å². The molecule has 5 rings (SSSR count). The van der Waals surface area contributed by atoms with Crippen LogP contribution in [0.5, 0.6) is 5.88 Å². The van der Waals surface area contributed by atoms with Crippen molar-refractivity contribution in [3.63, 3.8) is 0 Å². The zero-order valence-corrected chi connectivity index (χ0v) is 19.2. The Balaban J connectivity index is 1.47. The van der Waals surface area contributed by atoms with Crippen LogP contribution < -0.4 is 4.90 Å². The van der Waals surface area contributed by atoms with Gasteiger partial charge in [-0.3, -0.25) is 4.90 Å². The molecule has 1 fully saturated rings. The van der Waals surface area contributed by atoms with Gasteiger partial charge in [0.1, 0.15) is 5.82 Å². The molecule has 166 valence electrons. The maximum Gasteiger partial charge on any atom is 0.230 e. The van der Waals surface area contributed by atoms with E-state index >= 15 is 0 Å². The van der Waals surface area contributed by atoms with Gasteiger partial charge >= 0.3 is 0 Å². The summed E-state index contributed by atoms with van der Waals surface area (Å²) < 4.78 is 14.8. The number of aryl methyl sites for hydroxylation is 1. The summed E-state index contributed by atoms with van der Waals surface area (Å²) in [4.78, 5) is 10.6. The number of rotatable bonds is 5. The maximum absolute atomic E-state index is 13.3. The number of benzene rings is 2. The third-order valence-corrected chi connectivity index (χ3v) is 7.15. The molecule has 6 nitrogen and oxygen atoms in total. The lowest BCUT2D eigenvalue weighted by atomic mass is 10.0. The summed E-state index contributed by atoms with van der Waals surface area (Å²) in [6.45, 7) is 5.14. The molecule has 0 spiro atoms. The van der Waals surface area contributed by atoms with Crippen molar-refractivity contribution in [2.24, 2.45) is 0 Å². The smallest absolute Gasteiger partial charge is 0.230 e. The molecule has 0 saturated carbocycles. The first-order chi connectivity index (χ1) is 15.5. The van der Waals surface area contributed by atoms with Crippen LogP contribution in [0.2, 0.25) is 5.02 Å². The fraction of sp³-hybridized carbons (Fsp3) is 0.304. The first-order valence-corrected chi connectivity index (χ1v) is 11.8. The third kappa shape index (κ3) is 3.94. The Morgan fingerprint density at radius 1 is 1.12 bits per heavy atom. The number of hydrogen-bond acceptors (Lipinski definition) is 6. The standard InChI is InChI=1S/C23H23ClFN5OS/c1-2-19-26-23-30(27-19)22(31)21(32-23)20(15-4-3-5-16(24)14-15)29-12-10-28(11-13-29)18-8-6-17(25)7-9-18/h3-9,14,20,31H,2,10-13H2,1H3. The molecule has 1 atom stereocenters. The van der Waals surface area contributed by atoms with Crippen LogP contribution in [0.15, 0.2) is 48.5 Å². The van der Waals surface area contributed by atoms with E-state index in [0.717, 1.165) is 42.3 Å². The molecule has 0 aliphatic carbocycles. The van der Waals surface area contributed by atoms with E-state index in [1.165, 1.54) is 28.0 Å². The van der Waals surface area contributed by atoms with Gasteiger partial charge in [0.2, 0.25) is 10.8 Å². The Kier molecular flexibility index (Phi) is 5.75. The molecular formula is C23H23ClFN5OS. The Bertz CT molecular complexity index is 1230. The summed E-state index contributed by atoms with van der Waals surface area (Å²) in [5.74, 6) is 0.611. The fourth-order valence-electron chi connectivity index (χ4n) is 4.21. The van der Waals surface area contributed by atoms with Crippen molar-refractivity contribution in [3.05, 3.63) is 75.6 Å². The van der Waals surface area contributed by atoms with Gasteiger partial charge in [-0.15, -0.1) is 5.10 Å². The first kappa shape index (κ1) is 21.2. The lowest BCUT2D eigenvalue weighted by Gasteiger charge is -2.40. The molecule has 1 unspecified atom stereocenters. The monoisotopic (exact) mass is 471 g/mol. The Labute approximate surface area is 194 Å². The summed E-state index contributed by atoms with van der Waals surface area (Å²) in [5.41, 5.74) is 2.03. The quantitative estimate of drug-likeness (QED) is 0.454. The number of aromatic hydroxyl groups is 1. The predicted molar refractivity (Wildman–Crippen MR) is 125 cm³/mol. The van der Waals surface area contributed by atoms with Crippen molar-refractivity contribution >= 4 is 33.6 Å². The van der Waals surface area contributed by atoms with Crippen molar-refractivity contribution in [2.45, 2.75) is 19.4 Å². The van der Waals surface area contributed by atoms with Crippen LogP contribution in [-0.2, 0) is 6.42 Å². The molecule has 2 aromatic heterocycles. The molecule has 1 N–H and O–H groups in total. The molecular weight excluding hydrogens is 449 g/mol. The molecule has 0 bridgehead atoms. The largest absolute Gasteiger partial charge is 0.492 e. The molecule has 3 heterocycles. The second kappa shape index (κ2) is 8.69. The van der Waals surface area contributed by atoms with E-state index in [-0.39, 0.29) is 17.7 Å². The first-order valence-electron chi connectivity index (χ1n) is 10.6. The number of anilines is 1. The van der Waals surface area contributed by atoms with Crippen LogP contribution in [0, 0.1) is 5.82 Å². The van der Waals surface area contributed by atoms with Crippen molar-refractivity contribution in [1.29, 1.82) is 0 Å². The number of aromatic nitrogens is 3. The average Bonchev–Trinajstić information content (AvgIpc) is 3.34. The maximum atomic E-state index is 13.3. The van der Waals surface area contributed by atoms with Crippen LogP contribution in [0.4, 0.5) is 10.1 Å². The number of fused-ring (bicyclic) bond motifs is 1. The second-order valence-electron chi connectivity index (χ2n) is 7.82. The van der Waals surface area contributed by atoms with E-state index in [2.05, 4.69) is 19.9 Å². The van der Waals surface area contributed by atoms with Crippen LogP contribution in [-0.4, -0.2) is 50.8 Å². The van der Waals surface area contributed by atoms with Gasteiger partial charge in [-0.05, 0) is 42.0 Å². The molecule has 1 saturated heterocycles. The van der Waals surface area contributed by atoms with Gasteiger partial charge in [-0.2, -0.15) is 4.52 Å². The minimum Gasteiger partial charge on any atom is -0.492 e. The Hall–Kier alpha value is -2.68. The summed E-state index contributed by atoms with van der Waals surface area (Å²) >= 11 is 7.78. The van der Waals surface area contributed by atoms with Crippen LogP contribution in [0.1, 0.15) is 29.2 Å². The number of halogens is 2. The van der Waals surface area contributed by atoms with Gasteiger partial charge in [-0.25, -0.2) is 9.37 Å². The molecule has 4 aromatic rings. The normalized spacial score (nSPS) is 16.0. The predicted octanol–water partition coefficient (Wildman–Crippen LogP) is 4.76. The van der Waals surface area contributed by atoms with Gasteiger partial charge in [0, 0.05) is 43.3 Å². The molecule has 0 amide bonds. The van der Waals surface area contributed by atoms with E-state index in [4.69, 9.17) is 11.6 Å². The van der Waals surface area contributed by atoms with Crippen molar-refractivity contribution < 1.29 is 9.50 Å². The summed E-state index contributed by atoms with van der Waals surface area (Å²) in [6.07, 6.45) is 0.715. The van der Waals surface area contributed by atoms with Crippen LogP contribution in [0.3, 0.4) is 0 Å². The van der Waals surface area contributed by atoms with Gasteiger partial charge in [-0.1, -0.05) is 42.0 Å². The zero-order valence-electron chi connectivity index (χ0n) is 17.6. The summed E-state index contributed by atoms with van der Waals surface area (Å²) in [7, 11) is 0. The van der Waals surface area contributed by atoms with Crippen LogP contribution >= 0.6 is 22.9 Å². The number of nitrogens with zero attached hydrogens (tertiary/aromatic N) is 5. The van der Waals surface area contributed by atoms with Crippen LogP contribution in [0.25, 0.3) is 4.96 Å². The molecule has 1 aliphatic heterocycles. The van der Waals surface area contributed by atoms with E-state index in [9.17, 15) is 9.50 Å². The minimum atomic E-state index is -0.230. The zero-order chi connectivity index (χ0) is 22.2. The molecule has 32 heavy (non-hydrogen) atoms. The van der Waals surface area contributed by atoms with Crippen molar-refractivity contribution in [3.8, 4) is 5.88 Å². The van der Waals surface area contributed by atoms with E-state index in [1.807, 2.05) is 43.3 Å². The van der Waals surface area contributed by atoms with Gasteiger partial charge in [0.25, 0.3) is 0 Å². The van der Waals surface area contributed by atoms with Crippen molar-refractivity contribution in [1.82, 2.24) is 19.5 Å². The highest BCUT2D eigenvalue weighted by Crippen LogP contribution is 2.41. The Morgan fingerprint density at radius 3 is 2.53 bits per heavy atom. The molecule has 0 radical (unpaired) electrons. The van der Waals surface area contributed by atoms with Gasteiger partial charge < -0.3 is 10.0 Å². The molecule has 2 aromatic carbocycles. The highest BCUT2D eigenvalue weighted by Gasteiger charge is 2.32. The third-order valence-electron chi connectivity index (χ3n) is 5.84. The molecule has 1 aliphatic rings. The number of piperazine rings is 1. The molecule has 9 heteroatoms. The topological polar surface area (TPSA) is 56.9 Å². The van der Waals surface area contributed by atoms with E-state index < -0.39 is 0 Å². The second-order valence-corrected chi connectivity index (χ2v) is 9.27. The minimum absolute atomic E-state index is 0.128.